The van der Waals surface area contributed by atoms with Crippen molar-refractivity contribution in [2.24, 2.45) is 5.73 Å². The zero-order valence-electron chi connectivity index (χ0n) is 12.2. The number of hydrogen-bond donors (Lipinski definition) is 1. The Morgan fingerprint density at radius 2 is 2.00 bits per heavy atom. The van der Waals surface area contributed by atoms with Gasteiger partial charge in [0.2, 0.25) is 0 Å². The van der Waals surface area contributed by atoms with Crippen molar-refractivity contribution in [3.63, 3.8) is 0 Å². The van der Waals surface area contributed by atoms with E-state index in [2.05, 4.69) is 42.5 Å². The van der Waals surface area contributed by atoms with Crippen LogP contribution in [0.5, 0.6) is 0 Å². The summed E-state index contributed by atoms with van der Waals surface area (Å²) in [5, 5.41) is 2.56. The molecule has 0 radical (unpaired) electrons. The largest absolute Gasteiger partial charge is 0.465 e. The number of benzene rings is 2. The molecule has 3 nitrogen and oxygen atoms in total. The molecule has 0 saturated heterocycles. The molecule has 0 spiro atoms. The monoisotopic (exact) mass is 303 g/mol. The van der Waals surface area contributed by atoms with Gasteiger partial charge < -0.3 is 10.5 Å². The maximum atomic E-state index is 11.4. The van der Waals surface area contributed by atoms with Crippen LogP contribution in [0.15, 0.2) is 42.5 Å². The molecule has 1 unspecified atom stereocenters. The Kier molecular flexibility index (Phi) is 6.08. The van der Waals surface area contributed by atoms with Gasteiger partial charge in [0.05, 0.1) is 6.61 Å². The van der Waals surface area contributed by atoms with E-state index in [0.29, 0.717) is 13.0 Å². The molecule has 0 aliphatic heterocycles. The third-order valence-electron chi connectivity index (χ3n) is 3.30. The molecule has 2 rings (SSSR count). The molecule has 2 aromatic carbocycles. The number of carbonyl (C=O) groups is 1. The standard InChI is InChI=1S/C17H21NO2S/c1-2-20-17(19)16(18)10-11-21-12-14-8-5-7-13-6-3-4-9-15(13)14/h3-9,16H,2,10-12,18H2,1H3. The van der Waals surface area contributed by atoms with Crippen LogP contribution in [-0.4, -0.2) is 24.4 Å². The van der Waals surface area contributed by atoms with Crippen molar-refractivity contribution >= 4 is 28.5 Å². The highest BCUT2D eigenvalue weighted by atomic mass is 32.2. The predicted octanol–water partition coefficient (Wildman–Crippen LogP) is 3.35. The van der Waals surface area contributed by atoms with Gasteiger partial charge in [0, 0.05) is 5.75 Å². The SMILES string of the molecule is CCOC(=O)C(N)CCSCc1cccc2ccccc12. The Morgan fingerprint density at radius 3 is 2.81 bits per heavy atom. The summed E-state index contributed by atoms with van der Waals surface area (Å²) in [6.07, 6.45) is 0.647. The molecule has 2 aromatic rings. The minimum atomic E-state index is -0.509. The minimum Gasteiger partial charge on any atom is -0.465 e. The molecule has 0 aliphatic rings. The topological polar surface area (TPSA) is 52.3 Å². The first-order chi connectivity index (χ1) is 10.2. The van der Waals surface area contributed by atoms with Gasteiger partial charge in [-0.3, -0.25) is 4.79 Å². The molecule has 0 heterocycles. The Bertz CT molecular complexity index is 595. The van der Waals surface area contributed by atoms with E-state index < -0.39 is 6.04 Å². The third-order valence-corrected chi connectivity index (χ3v) is 4.34. The highest BCUT2D eigenvalue weighted by molar-refractivity contribution is 7.98. The lowest BCUT2D eigenvalue weighted by molar-refractivity contribution is -0.144. The number of esters is 1. The Hall–Kier alpha value is -1.52. The second-order valence-corrected chi connectivity index (χ2v) is 5.94. The van der Waals surface area contributed by atoms with E-state index in [1.165, 1.54) is 16.3 Å². The van der Waals surface area contributed by atoms with E-state index in [1.54, 1.807) is 18.7 Å². The summed E-state index contributed by atoms with van der Waals surface area (Å²) in [4.78, 5) is 11.4. The zero-order chi connectivity index (χ0) is 15.1. The van der Waals surface area contributed by atoms with E-state index in [0.717, 1.165) is 11.5 Å². The summed E-state index contributed by atoms with van der Waals surface area (Å²) in [5.74, 6) is 1.48. The van der Waals surface area contributed by atoms with Gasteiger partial charge in [-0.1, -0.05) is 42.5 Å². The highest BCUT2D eigenvalue weighted by Crippen LogP contribution is 2.23. The van der Waals surface area contributed by atoms with Gasteiger partial charge in [0.1, 0.15) is 6.04 Å². The molecule has 2 N–H and O–H groups in total. The Balaban J connectivity index is 1.84. The number of hydrogen-bond acceptors (Lipinski definition) is 4. The fraction of sp³-hybridized carbons (Fsp3) is 0.353. The van der Waals surface area contributed by atoms with Crippen molar-refractivity contribution < 1.29 is 9.53 Å². The lowest BCUT2D eigenvalue weighted by atomic mass is 10.1. The van der Waals surface area contributed by atoms with Gasteiger partial charge in [0.25, 0.3) is 0 Å². The van der Waals surface area contributed by atoms with Gasteiger partial charge in [-0.15, -0.1) is 0 Å². The average molecular weight is 303 g/mol. The van der Waals surface area contributed by atoms with Crippen LogP contribution in [-0.2, 0) is 15.3 Å². The number of fused-ring (bicyclic) bond motifs is 1. The summed E-state index contributed by atoms with van der Waals surface area (Å²) < 4.78 is 4.90. The smallest absolute Gasteiger partial charge is 0.322 e. The second kappa shape index (κ2) is 8.05. The molecule has 0 saturated carbocycles. The van der Waals surface area contributed by atoms with Gasteiger partial charge in [0.15, 0.2) is 0 Å². The van der Waals surface area contributed by atoms with Gasteiger partial charge in [-0.05, 0) is 35.4 Å². The molecule has 4 heteroatoms. The Morgan fingerprint density at radius 1 is 1.24 bits per heavy atom. The van der Waals surface area contributed by atoms with Crippen molar-refractivity contribution in [1.82, 2.24) is 0 Å². The molecule has 0 bridgehead atoms. The number of carbonyl (C=O) groups excluding carboxylic acids is 1. The van der Waals surface area contributed by atoms with E-state index in [9.17, 15) is 4.79 Å². The lowest BCUT2D eigenvalue weighted by Gasteiger charge is -2.10. The first-order valence-corrected chi connectivity index (χ1v) is 8.34. The van der Waals surface area contributed by atoms with Crippen LogP contribution in [0.3, 0.4) is 0 Å². The molecule has 0 aromatic heterocycles. The van der Waals surface area contributed by atoms with E-state index in [-0.39, 0.29) is 5.97 Å². The molecular weight excluding hydrogens is 282 g/mol. The van der Waals surface area contributed by atoms with Crippen molar-refractivity contribution in [3.05, 3.63) is 48.0 Å². The fourth-order valence-electron chi connectivity index (χ4n) is 2.18. The maximum absolute atomic E-state index is 11.4. The number of ether oxygens (including phenoxy) is 1. The van der Waals surface area contributed by atoms with Gasteiger partial charge in [-0.25, -0.2) is 0 Å². The van der Waals surface area contributed by atoms with Crippen LogP contribution in [0, 0.1) is 0 Å². The summed E-state index contributed by atoms with van der Waals surface area (Å²) in [7, 11) is 0. The van der Waals surface area contributed by atoms with Gasteiger partial charge >= 0.3 is 5.97 Å². The fourth-order valence-corrected chi connectivity index (χ4v) is 3.21. The molecule has 1 atom stereocenters. The molecular formula is C17H21NO2S. The first kappa shape index (κ1) is 15.9. The van der Waals surface area contributed by atoms with Crippen molar-refractivity contribution in [1.29, 1.82) is 0 Å². The summed E-state index contributed by atoms with van der Waals surface area (Å²) in [6.45, 7) is 2.18. The molecule has 0 aliphatic carbocycles. The predicted molar refractivity (Wildman–Crippen MR) is 89.3 cm³/mol. The molecule has 0 fully saturated rings. The maximum Gasteiger partial charge on any atom is 0.322 e. The summed E-state index contributed by atoms with van der Waals surface area (Å²) >= 11 is 1.80. The number of nitrogens with two attached hydrogens (primary N) is 1. The molecule has 21 heavy (non-hydrogen) atoms. The van der Waals surface area contributed by atoms with Crippen LogP contribution in [0.2, 0.25) is 0 Å². The molecule has 112 valence electrons. The first-order valence-electron chi connectivity index (χ1n) is 7.19. The third kappa shape index (κ3) is 4.48. The van der Waals surface area contributed by atoms with E-state index in [4.69, 9.17) is 10.5 Å². The second-order valence-electron chi connectivity index (χ2n) is 4.84. The van der Waals surface area contributed by atoms with Crippen LogP contribution in [0.4, 0.5) is 0 Å². The van der Waals surface area contributed by atoms with Crippen molar-refractivity contribution in [3.8, 4) is 0 Å². The molecule has 0 amide bonds. The number of thioether (sulfide) groups is 1. The number of rotatable bonds is 7. The quantitative estimate of drug-likeness (QED) is 0.629. The zero-order valence-corrected chi connectivity index (χ0v) is 13.1. The van der Waals surface area contributed by atoms with Crippen molar-refractivity contribution in [2.45, 2.75) is 25.1 Å². The van der Waals surface area contributed by atoms with Crippen LogP contribution in [0.1, 0.15) is 18.9 Å². The average Bonchev–Trinajstić information content (AvgIpc) is 2.51. The highest BCUT2D eigenvalue weighted by Gasteiger charge is 2.13. The van der Waals surface area contributed by atoms with Crippen LogP contribution < -0.4 is 5.73 Å². The van der Waals surface area contributed by atoms with Gasteiger partial charge in [-0.2, -0.15) is 11.8 Å². The van der Waals surface area contributed by atoms with Crippen LogP contribution >= 0.6 is 11.8 Å². The van der Waals surface area contributed by atoms with Crippen molar-refractivity contribution in [2.75, 3.05) is 12.4 Å². The normalized spacial score (nSPS) is 12.3. The summed E-state index contributed by atoms with van der Waals surface area (Å²) in [5.41, 5.74) is 7.11. The van der Waals surface area contributed by atoms with E-state index >= 15 is 0 Å². The van der Waals surface area contributed by atoms with Crippen LogP contribution in [0.25, 0.3) is 10.8 Å². The van der Waals surface area contributed by atoms with E-state index in [1.807, 2.05) is 0 Å². The summed E-state index contributed by atoms with van der Waals surface area (Å²) in [6, 6.07) is 14.2. The minimum absolute atomic E-state index is 0.303. The lowest BCUT2D eigenvalue weighted by Crippen LogP contribution is -2.32. The Labute approximate surface area is 129 Å².